The second-order valence-electron chi connectivity index (χ2n) is 4.84. The van der Waals surface area contributed by atoms with Crippen molar-refractivity contribution in [1.82, 2.24) is 5.32 Å². The Morgan fingerprint density at radius 1 is 1.56 bits per heavy atom. The Balaban J connectivity index is 1.86. The lowest BCUT2D eigenvalue weighted by molar-refractivity contribution is 0.179. The molecule has 0 amide bonds. The quantitative estimate of drug-likeness (QED) is 0.771. The number of hydrogen-bond donors (Lipinski definition) is 1. The van der Waals surface area contributed by atoms with Crippen molar-refractivity contribution in [3.63, 3.8) is 0 Å². The number of nitrogens with one attached hydrogen (secondary N) is 1. The summed E-state index contributed by atoms with van der Waals surface area (Å²) in [6.07, 6.45) is 4.14. The number of furan rings is 1. The molecule has 0 aliphatic carbocycles. The molecule has 1 aliphatic heterocycles. The molecule has 18 heavy (non-hydrogen) atoms. The van der Waals surface area contributed by atoms with Crippen LogP contribution in [0.4, 0.5) is 0 Å². The van der Waals surface area contributed by atoms with E-state index in [1.165, 1.54) is 17.7 Å². The second-order valence-corrected chi connectivity index (χ2v) is 5.90. The normalized spacial score (nSPS) is 21.3. The Labute approximate surface area is 114 Å². The molecule has 2 atom stereocenters. The van der Waals surface area contributed by atoms with Gasteiger partial charge in [0.1, 0.15) is 5.76 Å². The van der Waals surface area contributed by atoms with Crippen molar-refractivity contribution < 1.29 is 9.15 Å². The SMILES string of the molecule is CCCNC(CSc1ccoc1C)C1CCOC1. The summed E-state index contributed by atoms with van der Waals surface area (Å²) in [6, 6.07) is 2.61. The third kappa shape index (κ3) is 3.77. The van der Waals surface area contributed by atoms with Crippen LogP contribution in [0, 0.1) is 12.8 Å². The van der Waals surface area contributed by atoms with Crippen molar-refractivity contribution in [2.75, 3.05) is 25.5 Å². The van der Waals surface area contributed by atoms with Gasteiger partial charge in [-0.05, 0) is 32.4 Å². The van der Waals surface area contributed by atoms with E-state index in [9.17, 15) is 0 Å². The molecule has 1 aromatic heterocycles. The van der Waals surface area contributed by atoms with E-state index >= 15 is 0 Å². The van der Waals surface area contributed by atoms with Crippen LogP contribution in [-0.2, 0) is 4.74 Å². The minimum Gasteiger partial charge on any atom is -0.468 e. The van der Waals surface area contributed by atoms with Gasteiger partial charge >= 0.3 is 0 Å². The number of thioether (sulfide) groups is 1. The molecular weight excluding hydrogens is 246 g/mol. The highest BCUT2D eigenvalue weighted by Crippen LogP contribution is 2.27. The van der Waals surface area contributed by atoms with Crippen molar-refractivity contribution >= 4 is 11.8 Å². The number of ether oxygens (including phenoxy) is 1. The molecule has 1 N–H and O–H groups in total. The van der Waals surface area contributed by atoms with Crippen LogP contribution in [0.1, 0.15) is 25.5 Å². The lowest BCUT2D eigenvalue weighted by Crippen LogP contribution is -2.39. The zero-order valence-electron chi connectivity index (χ0n) is 11.3. The average molecular weight is 269 g/mol. The molecule has 3 nitrogen and oxygen atoms in total. The number of hydrogen-bond acceptors (Lipinski definition) is 4. The maximum Gasteiger partial charge on any atom is 0.114 e. The van der Waals surface area contributed by atoms with Crippen LogP contribution < -0.4 is 5.32 Å². The smallest absolute Gasteiger partial charge is 0.114 e. The van der Waals surface area contributed by atoms with Gasteiger partial charge in [-0.15, -0.1) is 11.8 Å². The van der Waals surface area contributed by atoms with Crippen LogP contribution in [0.3, 0.4) is 0 Å². The van der Waals surface area contributed by atoms with Crippen molar-refractivity contribution in [1.29, 1.82) is 0 Å². The topological polar surface area (TPSA) is 34.4 Å². The molecule has 1 aromatic rings. The standard InChI is InChI=1S/C14H23NO2S/c1-3-6-15-13(12-4-7-16-9-12)10-18-14-5-8-17-11(14)2/h5,8,12-13,15H,3-4,6-7,9-10H2,1-2H3. The molecule has 102 valence electrons. The summed E-state index contributed by atoms with van der Waals surface area (Å²) in [5.74, 6) is 2.78. The third-order valence-corrected chi connectivity index (χ3v) is 4.68. The summed E-state index contributed by atoms with van der Waals surface area (Å²) in [5, 5.41) is 3.66. The van der Waals surface area contributed by atoms with Gasteiger partial charge < -0.3 is 14.5 Å². The van der Waals surface area contributed by atoms with E-state index in [0.29, 0.717) is 12.0 Å². The fourth-order valence-electron chi connectivity index (χ4n) is 2.26. The molecule has 0 spiro atoms. The predicted octanol–water partition coefficient (Wildman–Crippen LogP) is 3.08. The zero-order valence-corrected chi connectivity index (χ0v) is 12.1. The first-order valence-electron chi connectivity index (χ1n) is 6.79. The summed E-state index contributed by atoms with van der Waals surface area (Å²) < 4.78 is 10.8. The van der Waals surface area contributed by atoms with Gasteiger partial charge in [-0.3, -0.25) is 0 Å². The van der Waals surface area contributed by atoms with Gasteiger partial charge in [0.05, 0.1) is 12.9 Å². The molecule has 2 heterocycles. The maximum absolute atomic E-state index is 5.51. The lowest BCUT2D eigenvalue weighted by atomic mass is 10.0. The molecule has 2 rings (SSSR count). The molecule has 4 heteroatoms. The summed E-state index contributed by atoms with van der Waals surface area (Å²) in [4.78, 5) is 1.26. The fourth-order valence-corrected chi connectivity index (χ4v) is 3.42. The minimum atomic E-state index is 0.548. The van der Waals surface area contributed by atoms with Gasteiger partial charge in [0.15, 0.2) is 0 Å². The first-order valence-corrected chi connectivity index (χ1v) is 7.77. The zero-order chi connectivity index (χ0) is 12.8. The van der Waals surface area contributed by atoms with E-state index in [2.05, 4.69) is 18.3 Å². The van der Waals surface area contributed by atoms with Gasteiger partial charge in [0, 0.05) is 29.2 Å². The van der Waals surface area contributed by atoms with E-state index in [1.807, 2.05) is 18.7 Å². The van der Waals surface area contributed by atoms with Crippen LogP contribution in [-0.4, -0.2) is 31.6 Å². The average Bonchev–Trinajstić information content (AvgIpc) is 3.01. The van der Waals surface area contributed by atoms with Crippen molar-refractivity contribution in [3.05, 3.63) is 18.1 Å². The first kappa shape index (κ1) is 14.0. The molecule has 0 bridgehead atoms. The van der Waals surface area contributed by atoms with Crippen LogP contribution in [0.5, 0.6) is 0 Å². The first-order chi connectivity index (χ1) is 8.81. The van der Waals surface area contributed by atoms with Crippen LogP contribution in [0.15, 0.2) is 21.6 Å². The Hall–Kier alpha value is -0.450. The fraction of sp³-hybridized carbons (Fsp3) is 0.714. The van der Waals surface area contributed by atoms with Crippen molar-refractivity contribution in [3.8, 4) is 0 Å². The maximum atomic E-state index is 5.51. The Morgan fingerprint density at radius 3 is 3.06 bits per heavy atom. The minimum absolute atomic E-state index is 0.548. The van der Waals surface area contributed by atoms with Gasteiger partial charge in [-0.1, -0.05) is 6.92 Å². The highest BCUT2D eigenvalue weighted by Gasteiger charge is 2.25. The van der Waals surface area contributed by atoms with Crippen molar-refractivity contribution in [2.24, 2.45) is 5.92 Å². The monoisotopic (exact) mass is 269 g/mol. The Bertz CT molecular complexity index is 347. The van der Waals surface area contributed by atoms with E-state index < -0.39 is 0 Å². The third-order valence-electron chi connectivity index (χ3n) is 3.42. The van der Waals surface area contributed by atoms with Crippen molar-refractivity contribution in [2.45, 2.75) is 37.6 Å². The Morgan fingerprint density at radius 2 is 2.44 bits per heavy atom. The highest BCUT2D eigenvalue weighted by atomic mass is 32.2. The van der Waals surface area contributed by atoms with Gasteiger partial charge in [0.25, 0.3) is 0 Å². The van der Waals surface area contributed by atoms with Gasteiger partial charge in [-0.2, -0.15) is 0 Å². The highest BCUT2D eigenvalue weighted by molar-refractivity contribution is 7.99. The molecule has 2 unspecified atom stereocenters. The van der Waals surface area contributed by atoms with Gasteiger partial charge in [-0.25, -0.2) is 0 Å². The molecule has 0 aromatic carbocycles. The Kier molecular flexibility index (Phi) is 5.60. The largest absolute Gasteiger partial charge is 0.468 e. The lowest BCUT2D eigenvalue weighted by Gasteiger charge is -2.23. The molecule has 1 aliphatic rings. The van der Waals surface area contributed by atoms with Crippen LogP contribution >= 0.6 is 11.8 Å². The molecule has 0 radical (unpaired) electrons. The van der Waals surface area contributed by atoms with Crippen LogP contribution in [0.25, 0.3) is 0 Å². The number of rotatable bonds is 7. The molecule has 1 fully saturated rings. The van der Waals surface area contributed by atoms with E-state index in [0.717, 1.165) is 31.3 Å². The summed E-state index contributed by atoms with van der Waals surface area (Å²) in [5.41, 5.74) is 0. The van der Waals surface area contributed by atoms with Crippen LogP contribution in [0.2, 0.25) is 0 Å². The predicted molar refractivity (Wildman–Crippen MR) is 75.2 cm³/mol. The van der Waals surface area contributed by atoms with E-state index in [1.54, 1.807) is 6.26 Å². The number of aryl methyl sites for hydroxylation is 1. The summed E-state index contributed by atoms with van der Waals surface area (Å²) in [7, 11) is 0. The molecule has 0 saturated carbocycles. The van der Waals surface area contributed by atoms with E-state index in [-0.39, 0.29) is 0 Å². The second kappa shape index (κ2) is 7.22. The summed E-state index contributed by atoms with van der Waals surface area (Å²) in [6.45, 7) is 7.15. The van der Waals surface area contributed by atoms with Gasteiger partial charge in [0.2, 0.25) is 0 Å². The van der Waals surface area contributed by atoms with E-state index in [4.69, 9.17) is 9.15 Å². The summed E-state index contributed by atoms with van der Waals surface area (Å²) >= 11 is 1.89. The molecule has 1 saturated heterocycles. The molecular formula is C14H23NO2S.